The summed E-state index contributed by atoms with van der Waals surface area (Å²) in [5.41, 5.74) is 0. The van der Waals surface area contributed by atoms with Crippen LogP contribution in [0.25, 0.3) is 0 Å². The van der Waals surface area contributed by atoms with Crippen molar-refractivity contribution in [3.63, 3.8) is 0 Å². The molecule has 1 unspecified atom stereocenters. The molecule has 0 aromatic carbocycles. The van der Waals surface area contributed by atoms with Crippen molar-refractivity contribution in [1.29, 1.82) is 0 Å². The van der Waals surface area contributed by atoms with Gasteiger partial charge in [-0.1, -0.05) is 135 Å². The van der Waals surface area contributed by atoms with Crippen molar-refractivity contribution < 1.29 is 19.4 Å². The minimum Gasteiger partial charge on any atom is -0.481 e. The molecule has 0 saturated heterocycles. The Kier molecular flexibility index (Phi) is 24.3. The largest absolute Gasteiger partial charge is 0.481 e. The molecular formula is C29H54O4. The minimum atomic E-state index is -0.950. The molecule has 0 aromatic heterocycles. The highest BCUT2D eigenvalue weighted by Crippen LogP contribution is 2.13. The maximum Gasteiger partial charge on any atom is 0.310 e. The standard InChI is InChI=1S/C29H54O4/c1-3-5-7-9-11-13-15-17-19-21-23-25-33-28(30)26-27(29(31)32)24-22-20-18-16-14-12-10-8-6-4-2/h22,24,27H,3-21,23,25-26H2,1-2H3,(H,31,32). The first-order chi connectivity index (χ1) is 16.1. The quantitative estimate of drug-likeness (QED) is 0.0828. The minimum absolute atomic E-state index is 0.0682. The second kappa shape index (κ2) is 25.3. The molecule has 0 aliphatic rings. The zero-order chi connectivity index (χ0) is 24.4. The Labute approximate surface area is 204 Å². The van der Waals surface area contributed by atoms with Gasteiger partial charge >= 0.3 is 11.9 Å². The third kappa shape index (κ3) is 23.6. The lowest BCUT2D eigenvalue weighted by atomic mass is 10.0. The van der Waals surface area contributed by atoms with Crippen molar-refractivity contribution in [2.24, 2.45) is 5.92 Å². The Morgan fingerprint density at radius 3 is 1.55 bits per heavy atom. The van der Waals surface area contributed by atoms with Crippen LogP contribution in [0.3, 0.4) is 0 Å². The van der Waals surface area contributed by atoms with Gasteiger partial charge in [0, 0.05) is 0 Å². The number of hydrogen-bond donors (Lipinski definition) is 1. The Morgan fingerprint density at radius 2 is 1.09 bits per heavy atom. The lowest BCUT2D eigenvalue weighted by molar-refractivity contribution is -0.150. The van der Waals surface area contributed by atoms with Gasteiger partial charge in [-0.2, -0.15) is 0 Å². The molecule has 0 amide bonds. The number of hydrogen-bond acceptors (Lipinski definition) is 3. The normalized spacial score (nSPS) is 12.3. The Balaban J connectivity index is 3.68. The SMILES string of the molecule is CCCCCCCCCCC=CC(CC(=O)OCCCCCCCCCCCCC)C(=O)O. The number of unbranched alkanes of at least 4 members (excludes halogenated alkanes) is 18. The number of ether oxygens (including phenoxy) is 1. The highest BCUT2D eigenvalue weighted by atomic mass is 16.5. The Hall–Kier alpha value is -1.32. The molecule has 194 valence electrons. The number of allylic oxidation sites excluding steroid dienone is 1. The van der Waals surface area contributed by atoms with E-state index in [9.17, 15) is 14.7 Å². The van der Waals surface area contributed by atoms with E-state index in [0.717, 1.165) is 25.7 Å². The van der Waals surface area contributed by atoms with Crippen LogP contribution in [-0.4, -0.2) is 23.7 Å². The van der Waals surface area contributed by atoms with Crippen LogP contribution in [0.5, 0.6) is 0 Å². The molecule has 0 spiro atoms. The van der Waals surface area contributed by atoms with Crippen LogP contribution in [0.15, 0.2) is 12.2 Å². The van der Waals surface area contributed by atoms with Crippen LogP contribution in [0.4, 0.5) is 0 Å². The van der Waals surface area contributed by atoms with Gasteiger partial charge in [-0.3, -0.25) is 9.59 Å². The predicted molar refractivity (Wildman–Crippen MR) is 140 cm³/mol. The molecule has 0 aliphatic heterocycles. The number of rotatable bonds is 25. The third-order valence-electron chi connectivity index (χ3n) is 6.31. The molecule has 0 aliphatic carbocycles. The van der Waals surface area contributed by atoms with E-state index >= 15 is 0 Å². The fraction of sp³-hybridized carbons (Fsp3) is 0.862. The second-order valence-corrected chi connectivity index (χ2v) is 9.60. The summed E-state index contributed by atoms with van der Waals surface area (Å²) in [6, 6.07) is 0. The molecule has 0 heterocycles. The first-order valence-corrected chi connectivity index (χ1v) is 14.2. The second-order valence-electron chi connectivity index (χ2n) is 9.60. The first kappa shape index (κ1) is 31.7. The number of carbonyl (C=O) groups is 2. The smallest absolute Gasteiger partial charge is 0.310 e. The molecule has 33 heavy (non-hydrogen) atoms. The molecule has 1 N–H and O–H groups in total. The van der Waals surface area contributed by atoms with Gasteiger partial charge in [0.1, 0.15) is 0 Å². The lowest BCUT2D eigenvalue weighted by Gasteiger charge is -2.08. The van der Waals surface area contributed by atoms with E-state index in [2.05, 4.69) is 13.8 Å². The number of carbonyl (C=O) groups excluding carboxylic acids is 1. The molecule has 0 aromatic rings. The molecule has 4 heteroatoms. The molecule has 1 atom stereocenters. The van der Waals surface area contributed by atoms with Crippen LogP contribution >= 0.6 is 0 Å². The summed E-state index contributed by atoms with van der Waals surface area (Å²) >= 11 is 0. The summed E-state index contributed by atoms with van der Waals surface area (Å²) in [5, 5.41) is 9.38. The first-order valence-electron chi connectivity index (χ1n) is 14.2. The monoisotopic (exact) mass is 466 g/mol. The van der Waals surface area contributed by atoms with Gasteiger partial charge < -0.3 is 9.84 Å². The Morgan fingerprint density at radius 1 is 0.667 bits per heavy atom. The molecule has 0 fully saturated rings. The molecule has 0 rings (SSSR count). The van der Waals surface area contributed by atoms with Crippen molar-refractivity contribution in [2.75, 3.05) is 6.61 Å². The highest BCUT2D eigenvalue weighted by molar-refractivity contribution is 5.80. The summed E-state index contributed by atoms with van der Waals surface area (Å²) in [5.74, 6) is -2.12. The van der Waals surface area contributed by atoms with Gasteiger partial charge in [0.15, 0.2) is 0 Å². The van der Waals surface area contributed by atoms with E-state index in [1.165, 1.54) is 103 Å². The third-order valence-corrected chi connectivity index (χ3v) is 6.31. The van der Waals surface area contributed by atoms with Gasteiger partial charge in [0.2, 0.25) is 0 Å². The maximum atomic E-state index is 12.0. The van der Waals surface area contributed by atoms with E-state index in [1.807, 2.05) is 6.08 Å². The molecule has 0 radical (unpaired) electrons. The van der Waals surface area contributed by atoms with Crippen molar-refractivity contribution in [1.82, 2.24) is 0 Å². The van der Waals surface area contributed by atoms with Crippen molar-refractivity contribution in [2.45, 2.75) is 149 Å². The van der Waals surface area contributed by atoms with E-state index < -0.39 is 17.9 Å². The summed E-state index contributed by atoms with van der Waals surface area (Å²) in [6.45, 7) is 4.89. The highest BCUT2D eigenvalue weighted by Gasteiger charge is 2.19. The number of carboxylic acid groups (broad SMARTS) is 1. The molecule has 0 bridgehead atoms. The van der Waals surface area contributed by atoms with Gasteiger partial charge in [-0.25, -0.2) is 0 Å². The summed E-state index contributed by atoms with van der Waals surface area (Å²) in [6.07, 6.45) is 28.3. The van der Waals surface area contributed by atoms with Gasteiger partial charge in [0.25, 0.3) is 0 Å². The zero-order valence-corrected chi connectivity index (χ0v) is 22.0. The van der Waals surface area contributed by atoms with Crippen molar-refractivity contribution in [3.8, 4) is 0 Å². The molecule has 4 nitrogen and oxygen atoms in total. The van der Waals surface area contributed by atoms with Crippen LogP contribution in [-0.2, 0) is 14.3 Å². The molecular weight excluding hydrogens is 412 g/mol. The average Bonchev–Trinajstić information content (AvgIpc) is 2.80. The number of carboxylic acids is 1. The Bertz CT molecular complexity index is 472. The number of aliphatic carboxylic acids is 1. The van der Waals surface area contributed by atoms with E-state index in [-0.39, 0.29) is 6.42 Å². The topological polar surface area (TPSA) is 63.6 Å². The van der Waals surface area contributed by atoms with E-state index in [1.54, 1.807) is 6.08 Å². The van der Waals surface area contributed by atoms with Gasteiger partial charge in [0.05, 0.1) is 18.9 Å². The lowest BCUT2D eigenvalue weighted by Crippen LogP contribution is -2.18. The van der Waals surface area contributed by atoms with E-state index in [4.69, 9.17) is 4.74 Å². The fourth-order valence-electron chi connectivity index (χ4n) is 4.08. The van der Waals surface area contributed by atoms with Crippen molar-refractivity contribution >= 4 is 11.9 Å². The van der Waals surface area contributed by atoms with Crippen LogP contribution in [0.2, 0.25) is 0 Å². The number of esters is 1. The van der Waals surface area contributed by atoms with Crippen LogP contribution < -0.4 is 0 Å². The van der Waals surface area contributed by atoms with Gasteiger partial charge in [-0.15, -0.1) is 0 Å². The predicted octanol–water partition coefficient (Wildman–Crippen LogP) is 9.02. The summed E-state index contributed by atoms with van der Waals surface area (Å²) in [7, 11) is 0. The maximum absolute atomic E-state index is 12.0. The molecule has 0 saturated carbocycles. The summed E-state index contributed by atoms with van der Waals surface area (Å²) in [4.78, 5) is 23.4. The zero-order valence-electron chi connectivity index (χ0n) is 22.0. The van der Waals surface area contributed by atoms with E-state index in [0.29, 0.717) is 6.61 Å². The fourth-order valence-corrected chi connectivity index (χ4v) is 4.08. The van der Waals surface area contributed by atoms with Crippen LogP contribution in [0, 0.1) is 5.92 Å². The average molecular weight is 467 g/mol. The van der Waals surface area contributed by atoms with Crippen molar-refractivity contribution in [3.05, 3.63) is 12.2 Å². The summed E-state index contributed by atoms with van der Waals surface area (Å²) < 4.78 is 5.27. The van der Waals surface area contributed by atoms with Gasteiger partial charge in [-0.05, 0) is 19.3 Å². The van der Waals surface area contributed by atoms with Crippen LogP contribution in [0.1, 0.15) is 149 Å².